The summed E-state index contributed by atoms with van der Waals surface area (Å²) in [7, 11) is 0. The van der Waals surface area contributed by atoms with Crippen LogP contribution in [0.2, 0.25) is 0 Å². The number of hydrogen-bond acceptors (Lipinski definition) is 1. The molecule has 2 aromatic carbocycles. The summed E-state index contributed by atoms with van der Waals surface area (Å²) < 4.78 is 2.51. The normalized spacial score (nSPS) is 14.9. The Kier molecular flexibility index (Phi) is 3.70. The van der Waals surface area contributed by atoms with Crippen molar-refractivity contribution in [1.29, 1.82) is 0 Å². The number of nitrogens with zero attached hydrogens (tertiary/aromatic N) is 1. The second-order valence-corrected chi connectivity index (χ2v) is 6.81. The summed E-state index contributed by atoms with van der Waals surface area (Å²) in [6, 6.07) is 18.2. The Hall–Kier alpha value is -2.06. The maximum Gasteiger partial charge on any atom is 0.0562 e. The quantitative estimate of drug-likeness (QED) is 0.733. The summed E-state index contributed by atoms with van der Waals surface area (Å²) >= 11 is 0. The van der Waals surface area contributed by atoms with Crippen LogP contribution in [0.1, 0.15) is 31.0 Å². The van der Waals surface area contributed by atoms with Crippen molar-refractivity contribution in [2.75, 3.05) is 13.1 Å². The molecule has 118 valence electrons. The summed E-state index contributed by atoms with van der Waals surface area (Å²) in [6.07, 6.45) is 1.11. The highest BCUT2D eigenvalue weighted by Gasteiger charge is 2.15. The van der Waals surface area contributed by atoms with E-state index < -0.39 is 0 Å². The molecule has 0 spiro atoms. The van der Waals surface area contributed by atoms with E-state index in [1.54, 1.807) is 0 Å². The van der Waals surface area contributed by atoms with E-state index in [0.29, 0.717) is 5.92 Å². The molecule has 1 aliphatic rings. The van der Waals surface area contributed by atoms with Crippen molar-refractivity contribution < 1.29 is 0 Å². The monoisotopic (exact) mass is 304 g/mol. The van der Waals surface area contributed by atoms with Gasteiger partial charge in [0.05, 0.1) is 5.52 Å². The highest BCUT2D eigenvalue weighted by Crippen LogP contribution is 2.32. The lowest BCUT2D eigenvalue weighted by Gasteiger charge is -2.12. The highest BCUT2D eigenvalue weighted by atomic mass is 15.0. The first-order chi connectivity index (χ1) is 11.2. The van der Waals surface area contributed by atoms with Gasteiger partial charge >= 0.3 is 0 Å². The Balaban J connectivity index is 1.88. The van der Waals surface area contributed by atoms with E-state index in [0.717, 1.165) is 26.1 Å². The maximum atomic E-state index is 3.50. The van der Waals surface area contributed by atoms with Gasteiger partial charge in [0.25, 0.3) is 0 Å². The Labute approximate surface area is 138 Å². The fourth-order valence-corrected chi connectivity index (χ4v) is 3.66. The number of rotatable bonds is 2. The summed E-state index contributed by atoms with van der Waals surface area (Å²) in [5, 5.41) is 4.87. The molecule has 0 fully saturated rings. The van der Waals surface area contributed by atoms with E-state index in [1.165, 1.54) is 33.3 Å². The van der Waals surface area contributed by atoms with Crippen LogP contribution in [0.3, 0.4) is 0 Å². The number of nitrogens with one attached hydrogen (secondary N) is 1. The fourth-order valence-electron chi connectivity index (χ4n) is 3.66. The van der Waals surface area contributed by atoms with Crippen LogP contribution in [0.4, 0.5) is 0 Å². The predicted octanol–water partition coefficient (Wildman–Crippen LogP) is 4.58. The first kappa shape index (κ1) is 14.5. The molecule has 0 amide bonds. The van der Waals surface area contributed by atoms with Gasteiger partial charge in [-0.25, -0.2) is 0 Å². The third-order valence-electron chi connectivity index (χ3n) is 4.96. The van der Waals surface area contributed by atoms with Crippen molar-refractivity contribution in [2.45, 2.75) is 32.7 Å². The van der Waals surface area contributed by atoms with E-state index >= 15 is 0 Å². The van der Waals surface area contributed by atoms with Gasteiger partial charge in [0.1, 0.15) is 0 Å². The molecule has 0 aliphatic carbocycles. The summed E-state index contributed by atoms with van der Waals surface area (Å²) in [5.74, 6) is 0.579. The van der Waals surface area contributed by atoms with Gasteiger partial charge < -0.3 is 9.88 Å². The average molecular weight is 304 g/mol. The Morgan fingerprint density at radius 1 is 1.00 bits per heavy atom. The van der Waals surface area contributed by atoms with E-state index in [4.69, 9.17) is 0 Å². The predicted molar refractivity (Wildman–Crippen MR) is 98.0 cm³/mol. The smallest absolute Gasteiger partial charge is 0.0562 e. The van der Waals surface area contributed by atoms with E-state index in [-0.39, 0.29) is 0 Å². The highest BCUT2D eigenvalue weighted by molar-refractivity contribution is 5.95. The molecule has 2 heterocycles. The van der Waals surface area contributed by atoms with Crippen molar-refractivity contribution in [3.63, 3.8) is 0 Å². The van der Waals surface area contributed by atoms with Gasteiger partial charge in [0.2, 0.25) is 0 Å². The van der Waals surface area contributed by atoms with Crippen molar-refractivity contribution in [3.8, 4) is 11.1 Å². The van der Waals surface area contributed by atoms with Crippen LogP contribution in [-0.2, 0) is 13.0 Å². The van der Waals surface area contributed by atoms with Crippen molar-refractivity contribution in [3.05, 3.63) is 59.8 Å². The molecule has 2 nitrogen and oxygen atoms in total. The van der Waals surface area contributed by atoms with Gasteiger partial charge in [-0.2, -0.15) is 0 Å². The largest absolute Gasteiger partial charge is 0.343 e. The third-order valence-corrected chi connectivity index (χ3v) is 4.96. The minimum absolute atomic E-state index is 0.579. The van der Waals surface area contributed by atoms with Crippen molar-refractivity contribution in [1.82, 2.24) is 9.88 Å². The second kappa shape index (κ2) is 5.86. The molecular formula is C21H24N2. The molecule has 0 atom stereocenters. The van der Waals surface area contributed by atoms with Crippen LogP contribution in [0.15, 0.2) is 48.5 Å². The third kappa shape index (κ3) is 2.57. The molecule has 23 heavy (non-hydrogen) atoms. The second-order valence-electron chi connectivity index (χ2n) is 6.81. The minimum Gasteiger partial charge on any atom is -0.343 e. The molecule has 1 aromatic heterocycles. The van der Waals surface area contributed by atoms with Gasteiger partial charge in [-0.05, 0) is 23.1 Å². The zero-order valence-electron chi connectivity index (χ0n) is 14.0. The van der Waals surface area contributed by atoms with Crippen LogP contribution in [0, 0.1) is 0 Å². The average Bonchev–Trinajstić information content (AvgIpc) is 2.76. The number of fused-ring (bicyclic) bond motifs is 3. The van der Waals surface area contributed by atoms with Crippen molar-refractivity contribution in [2.24, 2.45) is 0 Å². The summed E-state index contributed by atoms with van der Waals surface area (Å²) in [6.45, 7) is 7.68. The molecule has 3 aromatic rings. The molecular weight excluding hydrogens is 280 g/mol. The van der Waals surface area contributed by atoms with E-state index in [9.17, 15) is 0 Å². The number of aromatic nitrogens is 1. The van der Waals surface area contributed by atoms with Gasteiger partial charge in [-0.1, -0.05) is 56.3 Å². The first-order valence-electron chi connectivity index (χ1n) is 8.66. The zero-order chi connectivity index (χ0) is 15.8. The van der Waals surface area contributed by atoms with Crippen LogP contribution in [-0.4, -0.2) is 17.7 Å². The Bertz CT molecular complexity index is 825. The van der Waals surface area contributed by atoms with Crippen molar-refractivity contribution >= 4 is 10.9 Å². The fraction of sp³-hybridized carbons (Fsp3) is 0.333. The molecule has 0 bridgehead atoms. The lowest BCUT2D eigenvalue weighted by molar-refractivity contribution is 0.658. The molecule has 0 unspecified atom stereocenters. The van der Waals surface area contributed by atoms with Gasteiger partial charge in [-0.15, -0.1) is 0 Å². The standard InChI is InChI=1S/C21H24N2/c1-15(2)16-6-8-17(9-7-16)20-5-3-4-18-14-19-10-11-22-12-13-23(19)21(18)20/h3-9,14-15,22H,10-13H2,1-2H3. The van der Waals surface area contributed by atoms with Crippen LogP contribution in [0.5, 0.6) is 0 Å². The van der Waals surface area contributed by atoms with Gasteiger partial charge in [0, 0.05) is 42.7 Å². The lowest BCUT2D eigenvalue weighted by Crippen LogP contribution is -2.17. The Morgan fingerprint density at radius 3 is 2.61 bits per heavy atom. The maximum absolute atomic E-state index is 3.50. The number of benzene rings is 2. The Morgan fingerprint density at radius 2 is 1.83 bits per heavy atom. The van der Waals surface area contributed by atoms with Crippen LogP contribution in [0.25, 0.3) is 22.0 Å². The molecule has 1 N–H and O–H groups in total. The van der Waals surface area contributed by atoms with Gasteiger partial charge in [0.15, 0.2) is 0 Å². The molecule has 2 heteroatoms. The van der Waals surface area contributed by atoms with Gasteiger partial charge in [-0.3, -0.25) is 0 Å². The molecule has 0 radical (unpaired) electrons. The molecule has 1 aliphatic heterocycles. The summed E-state index contributed by atoms with van der Waals surface area (Å²) in [4.78, 5) is 0. The topological polar surface area (TPSA) is 17.0 Å². The zero-order valence-corrected chi connectivity index (χ0v) is 14.0. The van der Waals surface area contributed by atoms with E-state index in [1.807, 2.05) is 0 Å². The first-order valence-corrected chi connectivity index (χ1v) is 8.66. The molecule has 0 saturated heterocycles. The summed E-state index contributed by atoms with van der Waals surface area (Å²) in [5.41, 5.74) is 6.92. The van der Waals surface area contributed by atoms with Crippen LogP contribution >= 0.6 is 0 Å². The molecule has 4 rings (SSSR count). The van der Waals surface area contributed by atoms with E-state index in [2.05, 4.69) is 72.3 Å². The minimum atomic E-state index is 0.579. The SMILES string of the molecule is CC(C)c1ccc(-c2cccc3cc4n(c23)CCNCC4)cc1. The number of para-hydroxylation sites is 1. The lowest BCUT2D eigenvalue weighted by atomic mass is 9.98. The van der Waals surface area contributed by atoms with Crippen LogP contribution < -0.4 is 5.32 Å². The number of hydrogen-bond donors (Lipinski definition) is 1. The molecule has 0 saturated carbocycles.